The van der Waals surface area contributed by atoms with E-state index in [0.717, 1.165) is 16.0 Å². The van der Waals surface area contributed by atoms with Crippen molar-refractivity contribution in [3.63, 3.8) is 0 Å². The minimum Gasteiger partial charge on any atom is -0.478 e. The Bertz CT molecular complexity index is 943. The van der Waals surface area contributed by atoms with E-state index in [9.17, 15) is 19.5 Å². The Morgan fingerprint density at radius 3 is 2.41 bits per heavy atom. The molecule has 0 radical (unpaired) electrons. The van der Waals surface area contributed by atoms with Crippen LogP contribution in [0.2, 0.25) is 10.0 Å². The number of hydrogen-bond donors (Lipinski definition) is 2. The number of aromatic nitrogens is 1. The highest BCUT2D eigenvalue weighted by molar-refractivity contribution is 7.19. The smallest absolute Gasteiger partial charge is 0.340 e. The lowest BCUT2D eigenvalue weighted by Gasteiger charge is -2.01. The molecule has 9 heteroatoms. The van der Waals surface area contributed by atoms with Gasteiger partial charge in [-0.25, -0.2) is 4.79 Å². The summed E-state index contributed by atoms with van der Waals surface area (Å²) in [6, 6.07) is 6.26. The van der Waals surface area contributed by atoms with Crippen molar-refractivity contribution in [2.24, 2.45) is 0 Å². The average Bonchev–Trinajstić information content (AvgIpc) is 2.87. The summed E-state index contributed by atoms with van der Waals surface area (Å²) in [6.45, 7) is 0. The number of aromatic carboxylic acids is 1. The molecule has 3 rings (SSSR count). The molecular weight excluding hydrogens is 351 g/mol. The third kappa shape index (κ3) is 2.54. The third-order valence-electron chi connectivity index (χ3n) is 2.91. The van der Waals surface area contributed by atoms with E-state index in [4.69, 9.17) is 23.2 Å². The Morgan fingerprint density at radius 1 is 1.18 bits per heavy atom. The highest BCUT2D eigenvalue weighted by atomic mass is 35.5. The molecule has 0 bridgehead atoms. The molecule has 0 unspecified atom stereocenters. The maximum atomic E-state index is 11.3. The van der Waals surface area contributed by atoms with E-state index in [0.29, 0.717) is 20.5 Å². The van der Waals surface area contributed by atoms with Gasteiger partial charge in [0.25, 0.3) is 0 Å². The zero-order valence-corrected chi connectivity index (χ0v) is 12.9. The largest absolute Gasteiger partial charge is 0.478 e. The molecule has 0 saturated heterocycles. The molecule has 0 fully saturated rings. The van der Waals surface area contributed by atoms with Crippen molar-refractivity contribution in [2.45, 2.75) is 0 Å². The molecule has 2 aromatic heterocycles. The van der Waals surface area contributed by atoms with E-state index < -0.39 is 17.1 Å². The van der Waals surface area contributed by atoms with Crippen LogP contribution in [-0.2, 0) is 0 Å². The number of thiophene rings is 1. The molecule has 1 aromatic carbocycles. The second kappa shape index (κ2) is 5.28. The van der Waals surface area contributed by atoms with Crippen molar-refractivity contribution in [1.29, 1.82) is 0 Å². The van der Waals surface area contributed by atoms with Gasteiger partial charge in [-0.2, -0.15) is 4.68 Å². The van der Waals surface area contributed by atoms with Gasteiger partial charge in [-0.05, 0) is 18.2 Å². The van der Waals surface area contributed by atoms with E-state index in [2.05, 4.69) is 5.43 Å². The fourth-order valence-corrected chi connectivity index (χ4v) is 3.44. The van der Waals surface area contributed by atoms with Gasteiger partial charge >= 0.3 is 17.1 Å². The van der Waals surface area contributed by atoms with Gasteiger partial charge in [-0.3, -0.25) is 15.0 Å². The standard InChI is InChI=1S/C13H6Cl2N2O4S/c14-5-1-2-6(8(15)3-5)9-4-7(13(20)21)10(22-9)16-17-11(18)12(17)19/h1-4,16H,(H,20,21). The summed E-state index contributed by atoms with van der Waals surface area (Å²) in [6.07, 6.45) is 0. The van der Waals surface area contributed by atoms with E-state index in [1.807, 2.05) is 0 Å². The van der Waals surface area contributed by atoms with Gasteiger partial charge in [0, 0.05) is 15.5 Å². The number of carbonyl (C=O) groups is 1. The van der Waals surface area contributed by atoms with Crippen LogP contribution in [0.5, 0.6) is 0 Å². The van der Waals surface area contributed by atoms with Crippen molar-refractivity contribution in [3.05, 3.63) is 60.6 Å². The quantitative estimate of drug-likeness (QED) is 0.701. The summed E-state index contributed by atoms with van der Waals surface area (Å²) >= 11 is 13.0. The molecule has 6 nitrogen and oxygen atoms in total. The van der Waals surface area contributed by atoms with E-state index in [1.54, 1.807) is 18.2 Å². The van der Waals surface area contributed by atoms with Crippen LogP contribution >= 0.6 is 34.5 Å². The Hall–Kier alpha value is -2.09. The fraction of sp³-hybridized carbons (Fsp3) is 0. The lowest BCUT2D eigenvalue weighted by molar-refractivity contribution is 0.0698. The van der Waals surface area contributed by atoms with Crippen molar-refractivity contribution < 1.29 is 9.90 Å². The second-order valence-electron chi connectivity index (χ2n) is 4.34. The molecule has 0 spiro atoms. The van der Waals surface area contributed by atoms with Crippen molar-refractivity contribution in [1.82, 2.24) is 4.68 Å². The number of carboxylic acids is 1. The zero-order chi connectivity index (χ0) is 16.0. The van der Waals surface area contributed by atoms with Gasteiger partial charge in [-0.15, -0.1) is 11.3 Å². The summed E-state index contributed by atoms with van der Waals surface area (Å²) in [5.74, 6) is -1.18. The molecule has 0 saturated carbocycles. The molecule has 0 aliphatic heterocycles. The Balaban J connectivity index is 2.06. The number of nitrogens with zero attached hydrogens (tertiary/aromatic N) is 1. The Morgan fingerprint density at radius 2 is 1.86 bits per heavy atom. The number of rotatable bonds is 4. The normalized spacial score (nSPS) is 11.0. The highest BCUT2D eigenvalue weighted by Crippen LogP contribution is 2.39. The van der Waals surface area contributed by atoms with Gasteiger partial charge < -0.3 is 5.11 Å². The first-order valence-corrected chi connectivity index (χ1v) is 7.43. The maximum absolute atomic E-state index is 11.3. The van der Waals surface area contributed by atoms with Crippen molar-refractivity contribution >= 4 is 45.5 Å². The van der Waals surface area contributed by atoms with Crippen LogP contribution in [0.15, 0.2) is 33.9 Å². The first kappa shape index (κ1) is 14.8. The van der Waals surface area contributed by atoms with Gasteiger partial charge in [-0.1, -0.05) is 29.3 Å². The van der Waals surface area contributed by atoms with Crippen molar-refractivity contribution in [3.8, 4) is 10.4 Å². The Labute approximate surface area is 136 Å². The van der Waals surface area contributed by atoms with Crippen molar-refractivity contribution in [2.75, 3.05) is 5.43 Å². The predicted octanol–water partition coefficient (Wildman–Crippen LogP) is 2.69. The zero-order valence-electron chi connectivity index (χ0n) is 10.6. The number of nitrogens with one attached hydrogen (secondary N) is 1. The topological polar surface area (TPSA) is 88.4 Å². The molecule has 0 aliphatic carbocycles. The molecule has 2 N–H and O–H groups in total. The van der Waals surface area contributed by atoms with Crippen LogP contribution in [0.3, 0.4) is 0 Å². The lowest BCUT2D eigenvalue weighted by Crippen LogP contribution is -2.09. The molecule has 22 heavy (non-hydrogen) atoms. The van der Waals surface area contributed by atoms with Crippen LogP contribution in [-0.4, -0.2) is 15.8 Å². The van der Waals surface area contributed by atoms with Crippen LogP contribution in [0.1, 0.15) is 10.4 Å². The maximum Gasteiger partial charge on any atom is 0.340 e. The predicted molar refractivity (Wildman–Crippen MR) is 85.1 cm³/mol. The molecule has 0 aliphatic rings. The summed E-state index contributed by atoms with van der Waals surface area (Å²) in [5, 5.41) is 10.2. The van der Waals surface area contributed by atoms with E-state index >= 15 is 0 Å². The lowest BCUT2D eigenvalue weighted by atomic mass is 10.1. The fourth-order valence-electron chi connectivity index (χ4n) is 1.79. The van der Waals surface area contributed by atoms with Gasteiger partial charge in [0.15, 0.2) is 0 Å². The molecule has 3 aromatic rings. The average molecular weight is 357 g/mol. The second-order valence-corrected chi connectivity index (χ2v) is 6.24. The molecular formula is C13H6Cl2N2O4S. The van der Waals surface area contributed by atoms with Gasteiger partial charge in [0.05, 0.1) is 10.6 Å². The number of anilines is 1. The molecule has 2 heterocycles. The van der Waals surface area contributed by atoms with E-state index in [-0.39, 0.29) is 10.6 Å². The first-order chi connectivity index (χ1) is 10.4. The summed E-state index contributed by atoms with van der Waals surface area (Å²) < 4.78 is 0.742. The van der Waals surface area contributed by atoms with Gasteiger partial charge in [0.2, 0.25) is 0 Å². The van der Waals surface area contributed by atoms with Crippen LogP contribution in [0.25, 0.3) is 10.4 Å². The van der Waals surface area contributed by atoms with Crippen LogP contribution in [0, 0.1) is 0 Å². The minimum atomic E-state index is -1.18. The Kier molecular flexibility index (Phi) is 3.56. The summed E-state index contributed by atoms with van der Waals surface area (Å²) in [4.78, 5) is 33.9. The number of halogens is 2. The number of carboxylic acid groups (broad SMARTS) is 1. The van der Waals surface area contributed by atoms with E-state index in [1.165, 1.54) is 6.07 Å². The molecule has 112 valence electrons. The number of benzene rings is 1. The van der Waals surface area contributed by atoms with Crippen LogP contribution < -0.4 is 16.5 Å². The number of hydrogen-bond acceptors (Lipinski definition) is 5. The highest BCUT2D eigenvalue weighted by Gasteiger charge is 2.22. The minimum absolute atomic E-state index is 0.0569. The SMILES string of the molecule is O=C(O)c1cc(-c2ccc(Cl)cc2Cl)sc1Nn1c(=O)c1=O. The monoisotopic (exact) mass is 356 g/mol. The van der Waals surface area contributed by atoms with Crippen LogP contribution in [0.4, 0.5) is 5.00 Å². The molecule has 0 amide bonds. The third-order valence-corrected chi connectivity index (χ3v) is 4.53. The van der Waals surface area contributed by atoms with Gasteiger partial charge in [0.1, 0.15) is 5.00 Å². The first-order valence-electron chi connectivity index (χ1n) is 5.86. The summed E-state index contributed by atoms with van der Waals surface area (Å²) in [5.41, 5.74) is 1.61. The summed E-state index contributed by atoms with van der Waals surface area (Å²) in [7, 11) is 0. The molecule has 0 atom stereocenters.